The number of hydrogen-bond donors (Lipinski definition) is 1. The van der Waals surface area contributed by atoms with Gasteiger partial charge in [-0.3, -0.25) is 4.68 Å². The Bertz CT molecular complexity index is 607. The first-order valence-corrected chi connectivity index (χ1v) is 7.38. The molecular weight excluding hydrogens is 318 g/mol. The smallest absolute Gasteiger partial charge is 0.124 e. The zero-order valence-electron chi connectivity index (χ0n) is 12.2. The van der Waals surface area contributed by atoms with E-state index >= 15 is 0 Å². The maximum atomic E-state index is 6.46. The maximum Gasteiger partial charge on any atom is 0.124 e. The van der Waals surface area contributed by atoms with Gasteiger partial charge in [0.15, 0.2) is 0 Å². The van der Waals surface area contributed by atoms with Gasteiger partial charge < -0.3 is 10.5 Å². The molecule has 0 radical (unpaired) electrons. The minimum Gasteiger partial charge on any atom is -0.496 e. The number of nitrogens with zero attached hydrogens (tertiary/aromatic N) is 2. The highest BCUT2D eigenvalue weighted by atomic mass is 79.9. The van der Waals surface area contributed by atoms with Gasteiger partial charge in [0.2, 0.25) is 0 Å². The van der Waals surface area contributed by atoms with Gasteiger partial charge in [-0.15, -0.1) is 0 Å². The molecule has 2 rings (SSSR count). The summed E-state index contributed by atoms with van der Waals surface area (Å²) in [6.07, 6.45) is 1.79. The SMILES string of the molecule is COc1cc(C)ccc1C(N)c1c(Br)cnn1C(C)C. The molecule has 1 unspecified atom stereocenters. The molecule has 108 valence electrons. The maximum absolute atomic E-state index is 6.46. The first-order chi connectivity index (χ1) is 9.45. The number of ether oxygens (including phenoxy) is 1. The number of benzene rings is 1. The molecule has 5 heteroatoms. The summed E-state index contributed by atoms with van der Waals surface area (Å²) in [6, 6.07) is 6.02. The van der Waals surface area contributed by atoms with Crippen molar-refractivity contribution >= 4 is 15.9 Å². The predicted octanol–water partition coefficient (Wildman–Crippen LogP) is 3.59. The van der Waals surface area contributed by atoms with Gasteiger partial charge in [-0.2, -0.15) is 5.10 Å². The first kappa shape index (κ1) is 15.1. The van der Waals surface area contributed by atoms with Crippen molar-refractivity contribution in [1.82, 2.24) is 9.78 Å². The van der Waals surface area contributed by atoms with Crippen LogP contribution in [-0.2, 0) is 0 Å². The molecule has 20 heavy (non-hydrogen) atoms. The van der Waals surface area contributed by atoms with E-state index in [1.165, 1.54) is 0 Å². The number of aromatic nitrogens is 2. The second-order valence-corrected chi connectivity index (χ2v) is 5.99. The largest absolute Gasteiger partial charge is 0.496 e. The number of halogens is 1. The number of rotatable bonds is 4. The van der Waals surface area contributed by atoms with Crippen LogP contribution in [0.5, 0.6) is 5.75 Å². The van der Waals surface area contributed by atoms with Crippen LogP contribution in [0.25, 0.3) is 0 Å². The Labute approximate surface area is 128 Å². The predicted molar refractivity (Wildman–Crippen MR) is 84.1 cm³/mol. The number of hydrogen-bond acceptors (Lipinski definition) is 3. The van der Waals surface area contributed by atoms with Gasteiger partial charge in [-0.25, -0.2) is 0 Å². The Balaban J connectivity index is 2.51. The molecule has 0 aliphatic heterocycles. The molecule has 1 aromatic carbocycles. The fraction of sp³-hybridized carbons (Fsp3) is 0.400. The molecule has 0 aliphatic rings. The van der Waals surface area contributed by atoms with Crippen LogP contribution in [0.2, 0.25) is 0 Å². The molecule has 0 saturated carbocycles. The molecule has 1 atom stereocenters. The monoisotopic (exact) mass is 337 g/mol. The van der Waals surface area contributed by atoms with Crippen LogP contribution in [0.3, 0.4) is 0 Å². The van der Waals surface area contributed by atoms with Gasteiger partial charge >= 0.3 is 0 Å². The van der Waals surface area contributed by atoms with Crippen LogP contribution >= 0.6 is 15.9 Å². The lowest BCUT2D eigenvalue weighted by Crippen LogP contribution is -2.20. The van der Waals surface area contributed by atoms with E-state index in [1.54, 1.807) is 13.3 Å². The third-order valence-electron chi connectivity index (χ3n) is 3.29. The van der Waals surface area contributed by atoms with Crippen LogP contribution in [0.1, 0.15) is 42.8 Å². The van der Waals surface area contributed by atoms with E-state index in [0.717, 1.165) is 27.0 Å². The summed E-state index contributed by atoms with van der Waals surface area (Å²) in [4.78, 5) is 0. The zero-order valence-corrected chi connectivity index (χ0v) is 13.8. The average molecular weight is 338 g/mol. The second kappa shape index (κ2) is 5.97. The van der Waals surface area contributed by atoms with E-state index in [2.05, 4.69) is 34.9 Å². The highest BCUT2D eigenvalue weighted by molar-refractivity contribution is 9.10. The van der Waals surface area contributed by atoms with Gasteiger partial charge in [0.25, 0.3) is 0 Å². The highest BCUT2D eigenvalue weighted by Gasteiger charge is 2.22. The van der Waals surface area contributed by atoms with Crippen LogP contribution in [0.4, 0.5) is 0 Å². The number of methoxy groups -OCH3 is 1. The molecule has 2 aromatic rings. The van der Waals surface area contributed by atoms with Crippen molar-refractivity contribution in [2.24, 2.45) is 5.73 Å². The Hall–Kier alpha value is -1.33. The summed E-state index contributed by atoms with van der Waals surface area (Å²) in [5, 5.41) is 4.38. The van der Waals surface area contributed by atoms with Gasteiger partial charge in [0.05, 0.1) is 29.5 Å². The Morgan fingerprint density at radius 3 is 2.65 bits per heavy atom. The van der Waals surface area contributed by atoms with Crippen LogP contribution in [0.15, 0.2) is 28.9 Å². The van der Waals surface area contributed by atoms with E-state index in [0.29, 0.717) is 0 Å². The molecule has 0 fully saturated rings. The van der Waals surface area contributed by atoms with Crippen molar-refractivity contribution in [1.29, 1.82) is 0 Å². The van der Waals surface area contributed by atoms with Crippen molar-refractivity contribution in [3.8, 4) is 5.75 Å². The van der Waals surface area contributed by atoms with Crippen LogP contribution < -0.4 is 10.5 Å². The summed E-state index contributed by atoms with van der Waals surface area (Å²) in [6.45, 7) is 6.20. The molecule has 1 heterocycles. The molecule has 0 bridgehead atoms. The van der Waals surface area contributed by atoms with E-state index < -0.39 is 0 Å². The zero-order chi connectivity index (χ0) is 14.9. The quantitative estimate of drug-likeness (QED) is 0.927. The molecule has 1 aromatic heterocycles. The minimum atomic E-state index is -0.287. The molecule has 0 saturated heterocycles. The van der Waals surface area contributed by atoms with Crippen molar-refractivity contribution in [3.05, 3.63) is 45.7 Å². The average Bonchev–Trinajstić information content (AvgIpc) is 2.79. The van der Waals surface area contributed by atoms with Crippen molar-refractivity contribution in [3.63, 3.8) is 0 Å². The number of aryl methyl sites for hydroxylation is 1. The van der Waals surface area contributed by atoms with Crippen molar-refractivity contribution in [2.75, 3.05) is 7.11 Å². The molecule has 0 spiro atoms. The lowest BCUT2D eigenvalue weighted by atomic mass is 10.0. The topological polar surface area (TPSA) is 53.1 Å². The van der Waals surface area contributed by atoms with Crippen LogP contribution in [-0.4, -0.2) is 16.9 Å². The highest BCUT2D eigenvalue weighted by Crippen LogP contribution is 2.33. The van der Waals surface area contributed by atoms with Gasteiger partial charge in [0.1, 0.15) is 5.75 Å². The molecule has 0 amide bonds. The van der Waals surface area contributed by atoms with Gasteiger partial charge in [-0.1, -0.05) is 12.1 Å². The van der Waals surface area contributed by atoms with E-state index in [9.17, 15) is 0 Å². The summed E-state index contributed by atoms with van der Waals surface area (Å²) in [7, 11) is 1.67. The summed E-state index contributed by atoms with van der Waals surface area (Å²) in [5.41, 5.74) is 9.52. The van der Waals surface area contributed by atoms with Crippen LogP contribution in [0, 0.1) is 6.92 Å². The fourth-order valence-electron chi connectivity index (χ4n) is 2.28. The second-order valence-electron chi connectivity index (χ2n) is 5.14. The third kappa shape index (κ3) is 2.74. The number of nitrogens with two attached hydrogens (primary N) is 1. The normalized spacial score (nSPS) is 12.8. The van der Waals surface area contributed by atoms with Gasteiger partial charge in [0, 0.05) is 11.6 Å². The standard InChI is InChI=1S/C15H20BrN3O/c1-9(2)19-15(12(16)8-18-19)14(17)11-6-5-10(3)7-13(11)20-4/h5-9,14H,17H2,1-4H3. The fourth-order valence-corrected chi connectivity index (χ4v) is 2.80. The lowest BCUT2D eigenvalue weighted by molar-refractivity contribution is 0.405. The van der Waals surface area contributed by atoms with E-state index in [-0.39, 0.29) is 12.1 Å². The molecular formula is C15H20BrN3O. The summed E-state index contributed by atoms with van der Waals surface area (Å²) < 4.78 is 8.32. The Morgan fingerprint density at radius 1 is 1.35 bits per heavy atom. The van der Waals surface area contributed by atoms with E-state index in [1.807, 2.05) is 29.8 Å². The minimum absolute atomic E-state index is 0.249. The summed E-state index contributed by atoms with van der Waals surface area (Å²) in [5.74, 6) is 0.806. The lowest BCUT2D eigenvalue weighted by Gasteiger charge is -2.20. The first-order valence-electron chi connectivity index (χ1n) is 6.58. The van der Waals surface area contributed by atoms with Crippen molar-refractivity contribution < 1.29 is 4.74 Å². The van der Waals surface area contributed by atoms with Crippen molar-refractivity contribution in [2.45, 2.75) is 32.9 Å². The Kier molecular flexibility index (Phi) is 4.50. The molecule has 2 N–H and O–H groups in total. The van der Waals surface area contributed by atoms with Gasteiger partial charge in [-0.05, 0) is 48.3 Å². The van der Waals surface area contributed by atoms with E-state index in [4.69, 9.17) is 10.5 Å². The molecule has 0 aliphatic carbocycles. The summed E-state index contributed by atoms with van der Waals surface area (Å²) >= 11 is 3.54. The third-order valence-corrected chi connectivity index (χ3v) is 3.91. The molecule has 4 nitrogen and oxygen atoms in total. The Morgan fingerprint density at radius 2 is 2.05 bits per heavy atom.